The quantitative estimate of drug-likeness (QED) is 0.371. The van der Waals surface area contributed by atoms with Crippen molar-refractivity contribution < 1.29 is 32.2 Å². The van der Waals surface area contributed by atoms with E-state index in [0.717, 1.165) is 57.9 Å². The van der Waals surface area contributed by atoms with Crippen molar-refractivity contribution in [1.29, 1.82) is 0 Å². The number of nitrogens with zero attached hydrogens (tertiary/aromatic N) is 1. The molecule has 6 rings (SSSR count). The highest BCUT2D eigenvalue weighted by Crippen LogP contribution is 2.54. The van der Waals surface area contributed by atoms with Crippen LogP contribution in [0.1, 0.15) is 71.1 Å². The van der Waals surface area contributed by atoms with E-state index in [2.05, 4.69) is 15.5 Å². The number of amides is 2. The monoisotopic (exact) mass is 610 g/mol. The molecule has 11 nitrogen and oxygen atoms in total. The molecule has 0 aromatic heterocycles. The minimum absolute atomic E-state index is 0.00568. The molecule has 3 heterocycles. The van der Waals surface area contributed by atoms with E-state index in [0.29, 0.717) is 31.2 Å². The Bertz CT molecular complexity index is 1110. The second kappa shape index (κ2) is 12.2. The SMILES string of the molecule is COC1CCC2C3NCCC4C5CC(O[C@@H](C)C(=O)NCC6CCC(S(N)(=O)=O)CC6)CCC5N(C(=O)C2C1OC)C43. The zero-order chi connectivity index (χ0) is 29.8. The van der Waals surface area contributed by atoms with Gasteiger partial charge in [-0.1, -0.05) is 0 Å². The number of nitrogens with two attached hydrogens (primary N) is 1. The molecule has 11 atom stereocenters. The predicted octanol–water partition coefficient (Wildman–Crippen LogP) is 1.15. The van der Waals surface area contributed by atoms with Crippen LogP contribution in [0.2, 0.25) is 0 Å². The molecule has 238 valence electrons. The van der Waals surface area contributed by atoms with E-state index in [1.165, 1.54) is 0 Å². The molecule has 3 saturated heterocycles. The van der Waals surface area contributed by atoms with Gasteiger partial charge in [-0.3, -0.25) is 9.59 Å². The maximum absolute atomic E-state index is 14.2. The number of piperidine rings is 2. The molecule has 3 aliphatic heterocycles. The van der Waals surface area contributed by atoms with Crippen molar-refractivity contribution in [3.05, 3.63) is 0 Å². The third kappa shape index (κ3) is 5.53. The molecule has 4 N–H and O–H groups in total. The van der Waals surface area contributed by atoms with Crippen molar-refractivity contribution in [3.63, 3.8) is 0 Å². The first kappa shape index (κ1) is 30.7. The van der Waals surface area contributed by atoms with Gasteiger partial charge in [0.05, 0.1) is 35.5 Å². The normalized spacial score (nSPS) is 44.1. The zero-order valence-electron chi connectivity index (χ0n) is 25.3. The number of hydrogen-bond acceptors (Lipinski definition) is 8. The maximum atomic E-state index is 14.2. The molecule has 12 heteroatoms. The standard InChI is InChI=1S/C30H50N4O7S/c1-16(29(35)33-15-17-4-7-19(8-5-17)42(31,37)38)41-18-6-10-23-22(14-18)20-12-13-32-26-21-9-11-24(39-2)28(40-3)25(21)30(36)34(23)27(20)26/h16-28,32H,4-15H2,1-3H3,(H,33,35)(H2,31,37,38)/t16-,17?,18?,19?,20?,21?,22?,23?,24?,25?,26?,27?,28?/m0/s1. The van der Waals surface area contributed by atoms with Gasteiger partial charge < -0.3 is 29.7 Å². The second-order valence-corrected chi connectivity index (χ2v) is 15.7. The molecule has 42 heavy (non-hydrogen) atoms. The number of hydrogen-bond donors (Lipinski definition) is 3. The summed E-state index contributed by atoms with van der Waals surface area (Å²) >= 11 is 0. The van der Waals surface area contributed by atoms with Crippen LogP contribution in [0.25, 0.3) is 0 Å². The summed E-state index contributed by atoms with van der Waals surface area (Å²) < 4.78 is 41.3. The van der Waals surface area contributed by atoms with Crippen LogP contribution in [0.15, 0.2) is 0 Å². The molecule has 6 fully saturated rings. The predicted molar refractivity (Wildman–Crippen MR) is 156 cm³/mol. The fourth-order valence-electron chi connectivity index (χ4n) is 9.86. The Labute approximate surface area is 250 Å². The van der Waals surface area contributed by atoms with E-state index in [1.54, 1.807) is 14.2 Å². The lowest BCUT2D eigenvalue weighted by atomic mass is 9.64. The smallest absolute Gasteiger partial charge is 0.248 e. The average molecular weight is 611 g/mol. The summed E-state index contributed by atoms with van der Waals surface area (Å²) in [6.07, 6.45) is 7.32. The van der Waals surface area contributed by atoms with Crippen LogP contribution in [0.3, 0.4) is 0 Å². The van der Waals surface area contributed by atoms with Crippen LogP contribution in [0, 0.1) is 29.6 Å². The summed E-state index contributed by atoms with van der Waals surface area (Å²) in [5, 5.41) is 11.7. The van der Waals surface area contributed by atoms with Gasteiger partial charge in [0.2, 0.25) is 21.8 Å². The molecule has 0 bridgehead atoms. The molecule has 3 aliphatic carbocycles. The Balaban J connectivity index is 1.06. The number of primary sulfonamides is 1. The van der Waals surface area contributed by atoms with Gasteiger partial charge in [0.1, 0.15) is 6.10 Å². The van der Waals surface area contributed by atoms with Crippen LogP contribution >= 0.6 is 0 Å². The molecular formula is C30H50N4O7S. The summed E-state index contributed by atoms with van der Waals surface area (Å²) in [6.45, 7) is 3.32. The topological polar surface area (TPSA) is 149 Å². The largest absolute Gasteiger partial charge is 0.379 e. The molecule has 2 amide bonds. The van der Waals surface area contributed by atoms with Crippen molar-refractivity contribution >= 4 is 21.8 Å². The van der Waals surface area contributed by atoms with E-state index in [-0.39, 0.29) is 66.0 Å². The van der Waals surface area contributed by atoms with Gasteiger partial charge in [0, 0.05) is 32.8 Å². The Morgan fingerprint density at radius 2 is 1.79 bits per heavy atom. The number of carbonyl (C=O) groups is 2. The molecule has 0 aromatic carbocycles. The lowest BCUT2D eigenvalue weighted by Gasteiger charge is -2.55. The van der Waals surface area contributed by atoms with Gasteiger partial charge in [-0.15, -0.1) is 0 Å². The van der Waals surface area contributed by atoms with E-state index < -0.39 is 21.4 Å². The number of fused-ring (bicyclic) bond motifs is 5. The van der Waals surface area contributed by atoms with E-state index in [1.807, 2.05) is 6.92 Å². The van der Waals surface area contributed by atoms with Crippen molar-refractivity contribution in [1.82, 2.24) is 15.5 Å². The first-order valence-electron chi connectivity index (χ1n) is 16.2. The summed E-state index contributed by atoms with van der Waals surface area (Å²) in [5.41, 5.74) is 0. The van der Waals surface area contributed by atoms with Crippen LogP contribution in [0.5, 0.6) is 0 Å². The van der Waals surface area contributed by atoms with Crippen LogP contribution in [-0.2, 0) is 33.8 Å². The van der Waals surface area contributed by atoms with Gasteiger partial charge in [-0.05, 0) is 101 Å². The number of nitrogens with one attached hydrogen (secondary N) is 2. The molecule has 6 aliphatic rings. The second-order valence-electron chi connectivity index (χ2n) is 13.8. The van der Waals surface area contributed by atoms with Crippen LogP contribution in [0.4, 0.5) is 0 Å². The fraction of sp³-hybridized carbons (Fsp3) is 0.933. The minimum Gasteiger partial charge on any atom is -0.379 e. The van der Waals surface area contributed by atoms with Crippen LogP contribution in [-0.4, -0.2) is 100 Å². The van der Waals surface area contributed by atoms with Gasteiger partial charge in [-0.2, -0.15) is 0 Å². The van der Waals surface area contributed by atoms with Gasteiger partial charge >= 0.3 is 0 Å². The van der Waals surface area contributed by atoms with Gasteiger partial charge in [0.15, 0.2) is 0 Å². The Kier molecular flexibility index (Phi) is 8.94. The molecule has 0 aromatic rings. The number of methoxy groups -OCH3 is 2. The maximum Gasteiger partial charge on any atom is 0.248 e. The third-order valence-corrected chi connectivity index (χ3v) is 13.2. The molecule has 3 saturated carbocycles. The molecule has 0 spiro atoms. The number of rotatable bonds is 8. The summed E-state index contributed by atoms with van der Waals surface area (Å²) in [4.78, 5) is 29.4. The summed E-state index contributed by atoms with van der Waals surface area (Å²) in [5.74, 6) is 1.32. The highest BCUT2D eigenvalue weighted by Gasteiger charge is 2.64. The molecular weight excluding hydrogens is 560 g/mol. The van der Waals surface area contributed by atoms with E-state index in [9.17, 15) is 18.0 Å². The summed E-state index contributed by atoms with van der Waals surface area (Å²) in [6, 6.07) is 0.729. The first-order chi connectivity index (χ1) is 20.1. The third-order valence-electron chi connectivity index (χ3n) is 11.8. The van der Waals surface area contributed by atoms with Crippen molar-refractivity contribution in [3.8, 4) is 0 Å². The Hall–Kier alpha value is -1.31. The number of carbonyl (C=O) groups excluding carboxylic acids is 2. The zero-order valence-corrected chi connectivity index (χ0v) is 26.1. The van der Waals surface area contributed by atoms with Gasteiger partial charge in [0.25, 0.3) is 0 Å². The minimum atomic E-state index is -3.49. The van der Waals surface area contributed by atoms with E-state index in [4.69, 9.17) is 19.3 Å². The lowest BCUT2D eigenvalue weighted by molar-refractivity contribution is -0.175. The highest BCUT2D eigenvalue weighted by atomic mass is 32.2. The highest BCUT2D eigenvalue weighted by molar-refractivity contribution is 7.89. The van der Waals surface area contributed by atoms with Gasteiger partial charge in [-0.25, -0.2) is 13.6 Å². The Morgan fingerprint density at radius 3 is 2.48 bits per heavy atom. The number of ether oxygens (including phenoxy) is 3. The van der Waals surface area contributed by atoms with E-state index >= 15 is 0 Å². The van der Waals surface area contributed by atoms with Crippen molar-refractivity contribution in [2.75, 3.05) is 27.3 Å². The van der Waals surface area contributed by atoms with Crippen molar-refractivity contribution in [2.24, 2.45) is 34.7 Å². The van der Waals surface area contributed by atoms with Crippen LogP contribution < -0.4 is 15.8 Å². The summed E-state index contributed by atoms with van der Waals surface area (Å²) in [7, 11) is -0.0582. The fourth-order valence-corrected chi connectivity index (χ4v) is 10.8. The first-order valence-corrected chi connectivity index (χ1v) is 17.8. The van der Waals surface area contributed by atoms with Crippen molar-refractivity contribution in [2.45, 2.75) is 119 Å². The Morgan fingerprint density at radius 1 is 1.02 bits per heavy atom. The molecule has 0 radical (unpaired) electrons. The lowest BCUT2D eigenvalue weighted by Crippen LogP contribution is -2.70. The number of sulfonamides is 1. The molecule has 10 unspecified atom stereocenters. The average Bonchev–Trinajstić information content (AvgIpc) is 3.32.